The SMILES string of the molecule is CC1(C)OB(c2ccc(C(=O)O)cc2)OC1(C)C.Cc1cc(CBr)ccc1F.Cc1cc(COC(=O)c2ccc(B3OC(C)(C)C(C)(C)O3)cc2)ccc1F.Cc1cc(COC(=O)c2ccc(B3OC(C)(C)C(C)(C)O3)cc2)ccc1F. The van der Waals surface area contributed by atoms with E-state index in [-0.39, 0.29) is 47.4 Å². The van der Waals surface area contributed by atoms with Crippen molar-refractivity contribution in [2.75, 3.05) is 0 Å². The summed E-state index contributed by atoms with van der Waals surface area (Å²) in [6.45, 7) is 29.2. The lowest BCUT2D eigenvalue weighted by atomic mass is 9.79. The van der Waals surface area contributed by atoms with Crippen LogP contribution in [0.2, 0.25) is 0 Å². The molecular weight excluding hydrogens is 1120 g/mol. The van der Waals surface area contributed by atoms with Crippen LogP contribution in [-0.4, -0.2) is 78.0 Å². The van der Waals surface area contributed by atoms with Gasteiger partial charge in [0.1, 0.15) is 30.7 Å². The van der Waals surface area contributed by atoms with Crippen molar-refractivity contribution >= 4 is 71.6 Å². The quantitative estimate of drug-likeness (QED) is 0.0749. The van der Waals surface area contributed by atoms with Gasteiger partial charge in [-0.3, -0.25) is 0 Å². The molecule has 3 saturated heterocycles. The van der Waals surface area contributed by atoms with Crippen molar-refractivity contribution < 1.29 is 70.1 Å². The van der Waals surface area contributed by atoms with Gasteiger partial charge in [0.05, 0.1) is 50.3 Å². The maximum atomic E-state index is 13.3. The van der Waals surface area contributed by atoms with Gasteiger partial charge < -0.3 is 42.5 Å². The van der Waals surface area contributed by atoms with Crippen molar-refractivity contribution in [2.24, 2.45) is 0 Å². The average molecular weight is 1190 g/mol. The zero-order valence-corrected chi connectivity index (χ0v) is 51.0. The van der Waals surface area contributed by atoms with E-state index in [0.29, 0.717) is 27.8 Å². The van der Waals surface area contributed by atoms with Gasteiger partial charge in [0.2, 0.25) is 0 Å². The zero-order chi connectivity index (χ0) is 60.8. The Bertz CT molecular complexity index is 3020. The highest BCUT2D eigenvalue weighted by Crippen LogP contribution is 2.38. The lowest BCUT2D eigenvalue weighted by Crippen LogP contribution is -2.41. The van der Waals surface area contributed by atoms with E-state index in [1.54, 1.807) is 124 Å². The van der Waals surface area contributed by atoms with Gasteiger partial charge in [-0.15, -0.1) is 0 Å². The molecule has 0 spiro atoms. The van der Waals surface area contributed by atoms with Gasteiger partial charge in [-0.05, 0) is 220 Å². The minimum absolute atomic E-state index is 0.0962. The minimum Gasteiger partial charge on any atom is -0.478 e. The number of benzene rings is 6. The molecule has 0 saturated carbocycles. The van der Waals surface area contributed by atoms with E-state index in [2.05, 4.69) is 15.9 Å². The molecule has 0 aliphatic carbocycles. The van der Waals surface area contributed by atoms with E-state index in [0.717, 1.165) is 38.4 Å². The Morgan fingerprint density at radius 2 is 0.659 bits per heavy atom. The van der Waals surface area contributed by atoms with Crippen LogP contribution in [0.4, 0.5) is 13.2 Å². The van der Waals surface area contributed by atoms with E-state index in [1.165, 1.54) is 18.2 Å². The molecule has 82 heavy (non-hydrogen) atoms. The maximum Gasteiger partial charge on any atom is 0.494 e. The molecule has 3 fully saturated rings. The Morgan fingerprint density at radius 3 is 0.902 bits per heavy atom. The number of aryl methyl sites for hydroxylation is 3. The molecule has 0 aromatic heterocycles. The number of hydrogen-bond donors (Lipinski definition) is 1. The van der Waals surface area contributed by atoms with Crippen molar-refractivity contribution in [3.05, 3.63) is 195 Å². The largest absolute Gasteiger partial charge is 0.494 e. The van der Waals surface area contributed by atoms with E-state index in [4.69, 9.17) is 42.5 Å². The van der Waals surface area contributed by atoms with E-state index >= 15 is 0 Å². The van der Waals surface area contributed by atoms with Gasteiger partial charge in [0.25, 0.3) is 0 Å². The van der Waals surface area contributed by atoms with Crippen LogP contribution in [0.25, 0.3) is 0 Å². The number of esters is 2. The number of carboxylic acid groups (broad SMARTS) is 1. The first kappa shape index (κ1) is 65.1. The molecule has 9 rings (SSSR count). The Labute approximate surface area is 490 Å². The van der Waals surface area contributed by atoms with Gasteiger partial charge in [0, 0.05) is 5.33 Å². The Balaban J connectivity index is 0.000000185. The summed E-state index contributed by atoms with van der Waals surface area (Å²) in [5, 5.41) is 9.63. The smallest absolute Gasteiger partial charge is 0.478 e. The Morgan fingerprint density at radius 1 is 0.415 bits per heavy atom. The van der Waals surface area contributed by atoms with Crippen molar-refractivity contribution in [3.8, 4) is 0 Å². The van der Waals surface area contributed by atoms with Crippen LogP contribution in [0.5, 0.6) is 0 Å². The molecule has 0 atom stereocenters. The predicted octanol–water partition coefficient (Wildman–Crippen LogP) is 12.3. The zero-order valence-electron chi connectivity index (χ0n) is 49.4. The summed E-state index contributed by atoms with van der Waals surface area (Å²) in [5.41, 5.74) is 5.59. The van der Waals surface area contributed by atoms with E-state index < -0.39 is 61.7 Å². The summed E-state index contributed by atoms with van der Waals surface area (Å²) < 4.78 is 85.6. The highest BCUT2D eigenvalue weighted by Gasteiger charge is 2.53. The third-order valence-electron chi connectivity index (χ3n) is 15.6. The van der Waals surface area contributed by atoms with Crippen molar-refractivity contribution in [1.82, 2.24) is 0 Å². The summed E-state index contributed by atoms with van der Waals surface area (Å²) in [7, 11) is -1.39. The maximum absolute atomic E-state index is 13.3. The molecule has 6 aromatic carbocycles. The fourth-order valence-corrected chi connectivity index (χ4v) is 8.47. The molecule has 0 radical (unpaired) electrons. The topological polar surface area (TPSA) is 145 Å². The number of alkyl halides is 1. The number of carbonyl (C=O) groups excluding carboxylic acids is 2. The monoisotopic (exact) mass is 1190 g/mol. The molecule has 3 aliphatic rings. The predicted molar refractivity (Wildman–Crippen MR) is 318 cm³/mol. The van der Waals surface area contributed by atoms with Crippen molar-refractivity contribution in [2.45, 2.75) is 156 Å². The van der Waals surface area contributed by atoms with Crippen LogP contribution in [0.3, 0.4) is 0 Å². The molecular formula is C63H73B3BrF3O12. The first-order chi connectivity index (χ1) is 38.1. The number of carbonyl (C=O) groups is 3. The molecule has 19 heteroatoms. The standard InChI is InChI=1S/2C21H24BFO4.C13H17BO4.C8H8BrF/c2*1-14-12-15(6-11-18(14)23)13-25-19(24)16-7-9-17(10-8-16)22-26-20(2,3)21(4,5)27-22;1-12(2)13(3,4)18-14(17-12)10-7-5-9(6-8-10)11(15)16;1-6-4-7(5-9)2-3-8(6)10/h2*6-12H,13H2,1-5H3;5-8H,1-4H3,(H,15,16);2-4H,5H2,1H3. The fraction of sp³-hybridized carbons (Fsp3) is 0.381. The molecule has 3 aliphatic heterocycles. The fourth-order valence-electron chi connectivity index (χ4n) is 8.12. The number of hydrogen-bond acceptors (Lipinski definition) is 11. The van der Waals surface area contributed by atoms with Crippen LogP contribution in [-0.2, 0) is 55.9 Å². The van der Waals surface area contributed by atoms with Crippen LogP contribution >= 0.6 is 15.9 Å². The first-order valence-corrected chi connectivity index (χ1v) is 28.0. The molecule has 3 heterocycles. The summed E-state index contributed by atoms with van der Waals surface area (Å²) >= 11 is 3.29. The second-order valence-corrected chi connectivity index (χ2v) is 24.0. The molecule has 434 valence electrons. The van der Waals surface area contributed by atoms with Gasteiger partial charge in [-0.1, -0.05) is 76.6 Å². The summed E-state index contributed by atoms with van der Waals surface area (Å²) in [6.07, 6.45) is 0. The molecule has 0 bridgehead atoms. The highest BCUT2D eigenvalue weighted by molar-refractivity contribution is 9.08. The average Bonchev–Trinajstić information content (AvgIpc) is 3.89. The number of aromatic carboxylic acids is 1. The number of ether oxygens (including phenoxy) is 2. The minimum atomic E-state index is -0.935. The molecule has 0 amide bonds. The summed E-state index contributed by atoms with van der Waals surface area (Å²) in [4.78, 5) is 35.3. The lowest BCUT2D eigenvalue weighted by molar-refractivity contribution is 0.00578. The number of halogens is 4. The van der Waals surface area contributed by atoms with Crippen LogP contribution in [0, 0.1) is 38.2 Å². The number of carboxylic acids is 1. The van der Waals surface area contributed by atoms with Crippen LogP contribution in [0.15, 0.2) is 127 Å². The molecule has 1 N–H and O–H groups in total. The number of rotatable bonds is 11. The molecule has 12 nitrogen and oxygen atoms in total. The Hall–Kier alpha value is -6.05. The van der Waals surface area contributed by atoms with Gasteiger partial charge in [-0.2, -0.15) is 0 Å². The van der Waals surface area contributed by atoms with Crippen molar-refractivity contribution in [3.63, 3.8) is 0 Å². The molecule has 0 unspecified atom stereocenters. The van der Waals surface area contributed by atoms with Crippen LogP contribution < -0.4 is 16.4 Å². The first-order valence-electron chi connectivity index (χ1n) is 26.9. The third-order valence-corrected chi connectivity index (χ3v) is 16.2. The van der Waals surface area contributed by atoms with E-state index in [9.17, 15) is 27.6 Å². The van der Waals surface area contributed by atoms with Gasteiger partial charge in [-0.25, -0.2) is 27.6 Å². The van der Waals surface area contributed by atoms with Crippen molar-refractivity contribution in [1.29, 1.82) is 0 Å². The Kier molecular flexibility index (Phi) is 20.8. The summed E-state index contributed by atoms with van der Waals surface area (Å²) in [5.74, 6) is -2.48. The summed E-state index contributed by atoms with van der Waals surface area (Å²) in [6, 6.07) is 35.0. The van der Waals surface area contributed by atoms with E-state index in [1.807, 2.05) is 89.2 Å². The van der Waals surface area contributed by atoms with Gasteiger partial charge in [0.15, 0.2) is 0 Å². The highest BCUT2D eigenvalue weighted by atomic mass is 79.9. The van der Waals surface area contributed by atoms with Crippen LogP contribution in [0.1, 0.15) is 148 Å². The third kappa shape index (κ3) is 16.2. The normalized spacial score (nSPS) is 17.5. The lowest BCUT2D eigenvalue weighted by Gasteiger charge is -2.32. The second-order valence-electron chi connectivity index (χ2n) is 23.5. The second kappa shape index (κ2) is 26.3. The molecule has 6 aromatic rings. The van der Waals surface area contributed by atoms with Gasteiger partial charge >= 0.3 is 39.3 Å².